The van der Waals surface area contributed by atoms with E-state index in [1.54, 1.807) is 18.2 Å². The third kappa shape index (κ3) is 3.47. The van der Waals surface area contributed by atoms with E-state index in [1.807, 2.05) is 0 Å². The molecule has 0 spiro atoms. The van der Waals surface area contributed by atoms with E-state index in [0.717, 1.165) is 0 Å². The van der Waals surface area contributed by atoms with Crippen molar-refractivity contribution < 1.29 is 18.0 Å². The van der Waals surface area contributed by atoms with Gasteiger partial charge in [-0.05, 0) is 31.0 Å². The van der Waals surface area contributed by atoms with Crippen molar-refractivity contribution in [3.8, 4) is 0 Å². The lowest BCUT2D eigenvalue weighted by atomic mass is 9.96. The molecule has 110 valence electrons. The minimum absolute atomic E-state index is 0.0547. The maximum Gasteiger partial charge on any atom is 0.391 e. The predicted molar refractivity (Wildman–Crippen MR) is 73.8 cm³/mol. The first kappa shape index (κ1) is 15.6. The Labute approximate surface area is 128 Å². The van der Waals surface area contributed by atoms with Gasteiger partial charge in [0.2, 0.25) is 0 Å². The Hall–Kier alpha value is -0.750. The van der Waals surface area contributed by atoms with E-state index in [0.29, 0.717) is 15.1 Å². The van der Waals surface area contributed by atoms with Crippen molar-refractivity contribution in [2.24, 2.45) is 5.92 Å². The number of piperidine rings is 1. The topological polar surface area (TPSA) is 20.3 Å². The summed E-state index contributed by atoms with van der Waals surface area (Å²) in [6, 6.07) is 4.87. The van der Waals surface area contributed by atoms with Crippen molar-refractivity contribution in [3.05, 3.63) is 33.3 Å². The Morgan fingerprint density at radius 3 is 2.45 bits per heavy atom. The highest BCUT2D eigenvalue weighted by atomic mass is 79.9. The molecule has 0 unspecified atom stereocenters. The lowest BCUT2D eigenvalue weighted by molar-refractivity contribution is -0.183. The highest BCUT2D eigenvalue weighted by Crippen LogP contribution is 2.34. The number of rotatable bonds is 1. The van der Waals surface area contributed by atoms with Crippen molar-refractivity contribution in [1.82, 2.24) is 4.90 Å². The molecule has 0 atom stereocenters. The number of alkyl halides is 3. The van der Waals surface area contributed by atoms with E-state index in [4.69, 9.17) is 11.6 Å². The van der Waals surface area contributed by atoms with Crippen molar-refractivity contribution in [1.29, 1.82) is 0 Å². The molecule has 0 N–H and O–H groups in total. The number of hydrogen-bond donors (Lipinski definition) is 0. The molecule has 2 rings (SSSR count). The zero-order valence-electron chi connectivity index (χ0n) is 10.4. The molecule has 1 aromatic rings. The number of likely N-dealkylation sites (tertiary alicyclic amines) is 1. The average Bonchev–Trinajstić information content (AvgIpc) is 2.40. The number of nitrogens with zero attached hydrogens (tertiary/aromatic N) is 1. The fourth-order valence-electron chi connectivity index (χ4n) is 2.24. The van der Waals surface area contributed by atoms with Gasteiger partial charge in [-0.15, -0.1) is 0 Å². The van der Waals surface area contributed by atoms with Crippen molar-refractivity contribution in [2.45, 2.75) is 19.0 Å². The number of benzene rings is 1. The summed E-state index contributed by atoms with van der Waals surface area (Å²) in [5, 5.41) is 0.302. The van der Waals surface area contributed by atoms with Crippen molar-refractivity contribution in [3.63, 3.8) is 0 Å². The van der Waals surface area contributed by atoms with Crippen LogP contribution >= 0.6 is 27.5 Å². The summed E-state index contributed by atoms with van der Waals surface area (Å²) in [5.74, 6) is -1.64. The van der Waals surface area contributed by atoms with E-state index >= 15 is 0 Å². The molecule has 0 aromatic heterocycles. The molecule has 2 nitrogen and oxygen atoms in total. The highest BCUT2D eigenvalue weighted by Gasteiger charge is 2.41. The summed E-state index contributed by atoms with van der Waals surface area (Å²) in [6.45, 7) is 0.206. The summed E-state index contributed by atoms with van der Waals surface area (Å²) in [4.78, 5) is 13.7. The van der Waals surface area contributed by atoms with Gasteiger partial charge in [0.1, 0.15) is 0 Å². The Morgan fingerprint density at radius 1 is 1.30 bits per heavy atom. The molecule has 0 radical (unpaired) electrons. The first-order valence-corrected chi connectivity index (χ1v) is 7.27. The molecule has 1 aromatic carbocycles. The minimum Gasteiger partial charge on any atom is -0.339 e. The molecular weight excluding hydrogens is 359 g/mol. The maximum atomic E-state index is 12.6. The molecule has 1 saturated heterocycles. The minimum atomic E-state index is -4.18. The molecule has 0 aliphatic carbocycles. The number of halogens is 5. The van der Waals surface area contributed by atoms with Crippen LogP contribution in [0.15, 0.2) is 22.7 Å². The zero-order chi connectivity index (χ0) is 14.9. The Morgan fingerprint density at radius 2 is 1.90 bits per heavy atom. The second-order valence-corrected chi connectivity index (χ2v) is 6.06. The second-order valence-electron chi connectivity index (χ2n) is 4.73. The van der Waals surface area contributed by atoms with Crippen LogP contribution < -0.4 is 0 Å². The fourth-order valence-corrected chi connectivity index (χ4v) is 2.80. The van der Waals surface area contributed by atoms with Crippen LogP contribution in [0.3, 0.4) is 0 Å². The number of hydrogen-bond acceptors (Lipinski definition) is 1. The van der Waals surface area contributed by atoms with Gasteiger partial charge >= 0.3 is 6.18 Å². The van der Waals surface area contributed by atoms with Crippen molar-refractivity contribution >= 4 is 33.4 Å². The lowest BCUT2D eigenvalue weighted by Gasteiger charge is -2.33. The van der Waals surface area contributed by atoms with Gasteiger partial charge in [0, 0.05) is 17.6 Å². The molecule has 20 heavy (non-hydrogen) atoms. The Kier molecular flexibility index (Phi) is 4.64. The lowest BCUT2D eigenvalue weighted by Crippen LogP contribution is -2.42. The second kappa shape index (κ2) is 5.93. The van der Waals surface area contributed by atoms with Crippen LogP contribution in [0.4, 0.5) is 13.2 Å². The van der Waals surface area contributed by atoms with Crippen LogP contribution in [0.2, 0.25) is 5.02 Å². The summed E-state index contributed by atoms with van der Waals surface area (Å²) >= 11 is 9.21. The van der Waals surface area contributed by atoms with Crippen molar-refractivity contribution in [2.75, 3.05) is 13.1 Å². The third-order valence-electron chi connectivity index (χ3n) is 3.40. The van der Waals surface area contributed by atoms with Crippen LogP contribution in [0.5, 0.6) is 0 Å². The number of amides is 1. The average molecular weight is 371 g/mol. The van der Waals surface area contributed by atoms with Gasteiger partial charge in [-0.1, -0.05) is 27.5 Å². The summed E-state index contributed by atoms with van der Waals surface area (Å²) < 4.78 is 38.4. The van der Waals surface area contributed by atoms with Crippen LogP contribution in [-0.4, -0.2) is 30.1 Å². The van der Waals surface area contributed by atoms with Crippen LogP contribution in [0.1, 0.15) is 23.2 Å². The van der Waals surface area contributed by atoms with Gasteiger partial charge in [-0.3, -0.25) is 4.79 Å². The molecule has 1 heterocycles. The Bertz CT molecular complexity index is 513. The molecule has 1 fully saturated rings. The predicted octanol–water partition coefficient (Wildman–Crippen LogP) is 4.52. The first-order chi connectivity index (χ1) is 9.29. The zero-order valence-corrected chi connectivity index (χ0v) is 12.7. The van der Waals surface area contributed by atoms with E-state index in [2.05, 4.69) is 15.9 Å². The smallest absolute Gasteiger partial charge is 0.339 e. The van der Waals surface area contributed by atoms with E-state index in [1.165, 1.54) is 4.90 Å². The third-order valence-corrected chi connectivity index (χ3v) is 4.23. The SMILES string of the molecule is O=C(c1cc(Br)ccc1Cl)N1CCC(C(F)(F)F)CC1. The van der Waals surface area contributed by atoms with Gasteiger partial charge in [0.15, 0.2) is 0 Å². The van der Waals surface area contributed by atoms with Crippen LogP contribution in [-0.2, 0) is 0 Å². The molecule has 7 heteroatoms. The van der Waals surface area contributed by atoms with Gasteiger partial charge in [0.25, 0.3) is 5.91 Å². The Balaban J connectivity index is 2.07. The summed E-state index contributed by atoms with van der Waals surface area (Å²) in [6.07, 6.45) is -4.29. The monoisotopic (exact) mass is 369 g/mol. The number of carbonyl (C=O) groups is 1. The van der Waals surface area contributed by atoms with Gasteiger partial charge < -0.3 is 4.90 Å². The molecule has 1 amide bonds. The standard InChI is InChI=1S/C13H12BrClF3NO/c14-9-1-2-11(15)10(7-9)12(20)19-5-3-8(4-6-19)13(16,17)18/h1-2,7-8H,3-6H2. The van der Waals surface area contributed by atoms with Gasteiger partial charge in [-0.25, -0.2) is 0 Å². The summed E-state index contributed by atoms with van der Waals surface area (Å²) in [7, 11) is 0. The van der Waals surface area contributed by atoms with Gasteiger partial charge in [0.05, 0.1) is 16.5 Å². The van der Waals surface area contributed by atoms with Crippen LogP contribution in [0, 0.1) is 5.92 Å². The molecular formula is C13H12BrClF3NO. The molecule has 0 saturated carbocycles. The number of carbonyl (C=O) groups excluding carboxylic acids is 1. The van der Waals surface area contributed by atoms with E-state index < -0.39 is 12.1 Å². The van der Waals surface area contributed by atoms with E-state index in [9.17, 15) is 18.0 Å². The fraction of sp³-hybridized carbons (Fsp3) is 0.462. The highest BCUT2D eigenvalue weighted by molar-refractivity contribution is 9.10. The van der Waals surface area contributed by atoms with E-state index in [-0.39, 0.29) is 31.8 Å². The summed E-state index contributed by atoms with van der Waals surface area (Å²) in [5.41, 5.74) is 0.312. The largest absolute Gasteiger partial charge is 0.391 e. The quantitative estimate of drug-likeness (QED) is 0.712. The molecule has 0 bridgehead atoms. The van der Waals surface area contributed by atoms with Gasteiger partial charge in [-0.2, -0.15) is 13.2 Å². The molecule has 1 aliphatic heterocycles. The van der Waals surface area contributed by atoms with Crippen LogP contribution in [0.25, 0.3) is 0 Å². The maximum absolute atomic E-state index is 12.6. The normalized spacial score (nSPS) is 17.4. The first-order valence-electron chi connectivity index (χ1n) is 6.10. The molecule has 1 aliphatic rings.